The van der Waals surface area contributed by atoms with Crippen LogP contribution in [0.3, 0.4) is 0 Å². The minimum Gasteiger partial charge on any atom is -0.366 e. The molecule has 1 aliphatic heterocycles. The molecule has 0 radical (unpaired) electrons. The summed E-state index contributed by atoms with van der Waals surface area (Å²) in [5, 5.41) is 3.51. The van der Waals surface area contributed by atoms with Crippen LogP contribution in [0, 0.1) is 17.6 Å². The van der Waals surface area contributed by atoms with Crippen molar-refractivity contribution < 1.29 is 8.78 Å². The second-order valence-corrected chi connectivity index (χ2v) is 5.42. The predicted molar refractivity (Wildman–Crippen MR) is 74.4 cm³/mol. The lowest BCUT2D eigenvalue weighted by atomic mass is 10.0. The van der Waals surface area contributed by atoms with E-state index in [2.05, 4.69) is 19.2 Å². The van der Waals surface area contributed by atoms with Crippen molar-refractivity contribution in [2.75, 3.05) is 24.5 Å². The summed E-state index contributed by atoms with van der Waals surface area (Å²) < 4.78 is 27.8. The van der Waals surface area contributed by atoms with Crippen LogP contribution in [0.15, 0.2) is 18.2 Å². The normalized spacial score (nSPS) is 24.9. The van der Waals surface area contributed by atoms with E-state index in [1.165, 1.54) is 18.2 Å². The molecule has 1 aliphatic rings. The fourth-order valence-corrected chi connectivity index (χ4v) is 2.66. The topological polar surface area (TPSA) is 15.3 Å². The number of benzene rings is 1. The Morgan fingerprint density at radius 3 is 2.63 bits per heavy atom. The van der Waals surface area contributed by atoms with Gasteiger partial charge in [0.15, 0.2) is 0 Å². The van der Waals surface area contributed by atoms with Gasteiger partial charge in [-0.05, 0) is 37.4 Å². The van der Waals surface area contributed by atoms with Crippen LogP contribution in [0.1, 0.15) is 26.7 Å². The summed E-state index contributed by atoms with van der Waals surface area (Å²) in [5.41, 5.74) is 0.131. The second kappa shape index (κ2) is 6.33. The number of nitrogens with one attached hydrogen (secondary N) is 1. The van der Waals surface area contributed by atoms with E-state index in [0.717, 1.165) is 19.4 Å². The number of hydrogen-bond donors (Lipinski definition) is 1. The third-order valence-electron chi connectivity index (χ3n) is 3.78. The third-order valence-corrected chi connectivity index (χ3v) is 3.78. The van der Waals surface area contributed by atoms with Crippen molar-refractivity contribution in [2.45, 2.75) is 32.7 Å². The van der Waals surface area contributed by atoms with Gasteiger partial charge in [-0.3, -0.25) is 0 Å². The van der Waals surface area contributed by atoms with Crippen molar-refractivity contribution >= 4 is 5.69 Å². The van der Waals surface area contributed by atoms with E-state index in [1.807, 2.05) is 4.90 Å². The van der Waals surface area contributed by atoms with Crippen LogP contribution in [-0.2, 0) is 0 Å². The van der Waals surface area contributed by atoms with Crippen molar-refractivity contribution in [1.29, 1.82) is 0 Å². The first-order chi connectivity index (χ1) is 9.11. The lowest BCUT2D eigenvalue weighted by Gasteiger charge is -2.33. The highest BCUT2D eigenvalue weighted by atomic mass is 19.1. The van der Waals surface area contributed by atoms with Gasteiger partial charge in [0.05, 0.1) is 0 Å². The molecule has 1 aromatic carbocycles. The van der Waals surface area contributed by atoms with Gasteiger partial charge in [-0.1, -0.05) is 19.9 Å². The average Bonchev–Trinajstić information content (AvgIpc) is 2.35. The number of rotatable bonds is 2. The molecule has 0 spiro atoms. The van der Waals surface area contributed by atoms with Crippen LogP contribution in [0.2, 0.25) is 0 Å². The fourth-order valence-electron chi connectivity index (χ4n) is 2.66. The zero-order chi connectivity index (χ0) is 13.8. The summed E-state index contributed by atoms with van der Waals surface area (Å²) in [4.78, 5) is 1.86. The van der Waals surface area contributed by atoms with E-state index in [1.54, 1.807) is 0 Å². The molecule has 4 heteroatoms. The Bertz CT molecular complexity index is 402. The van der Waals surface area contributed by atoms with E-state index < -0.39 is 11.6 Å². The maximum Gasteiger partial charge on any atom is 0.149 e. The van der Waals surface area contributed by atoms with E-state index in [-0.39, 0.29) is 5.69 Å². The molecule has 2 atom stereocenters. The minimum atomic E-state index is -0.464. The van der Waals surface area contributed by atoms with Gasteiger partial charge in [0.2, 0.25) is 0 Å². The Hall–Kier alpha value is -1.16. The van der Waals surface area contributed by atoms with Gasteiger partial charge in [0.25, 0.3) is 0 Å². The van der Waals surface area contributed by atoms with Crippen molar-refractivity contribution in [2.24, 2.45) is 5.92 Å². The molecule has 0 amide bonds. The lowest BCUT2D eigenvalue weighted by Crippen LogP contribution is -2.44. The highest BCUT2D eigenvalue weighted by Crippen LogP contribution is 2.25. The number of halogens is 2. The lowest BCUT2D eigenvalue weighted by molar-refractivity contribution is 0.384. The summed E-state index contributed by atoms with van der Waals surface area (Å²) in [6.07, 6.45) is 1.96. The monoisotopic (exact) mass is 268 g/mol. The smallest absolute Gasteiger partial charge is 0.149 e. The molecule has 0 aromatic heterocycles. The number of para-hydroxylation sites is 1. The average molecular weight is 268 g/mol. The van der Waals surface area contributed by atoms with Gasteiger partial charge >= 0.3 is 0 Å². The Morgan fingerprint density at radius 1 is 1.32 bits per heavy atom. The largest absolute Gasteiger partial charge is 0.366 e. The Balaban J connectivity index is 2.21. The molecule has 2 nitrogen and oxygen atoms in total. The first-order valence-corrected chi connectivity index (χ1v) is 7.04. The molecular weight excluding hydrogens is 246 g/mol. The molecule has 1 heterocycles. The highest BCUT2D eigenvalue weighted by Gasteiger charge is 2.22. The van der Waals surface area contributed by atoms with Crippen LogP contribution in [-0.4, -0.2) is 25.7 Å². The van der Waals surface area contributed by atoms with Crippen LogP contribution in [0.25, 0.3) is 0 Å². The molecule has 0 saturated carbocycles. The van der Waals surface area contributed by atoms with Crippen molar-refractivity contribution in [1.82, 2.24) is 5.32 Å². The summed E-state index contributed by atoms with van der Waals surface area (Å²) in [7, 11) is 0. The van der Waals surface area contributed by atoms with Gasteiger partial charge < -0.3 is 10.2 Å². The first kappa shape index (κ1) is 14.3. The number of hydrogen-bond acceptors (Lipinski definition) is 2. The Labute approximate surface area is 113 Å². The Kier molecular flexibility index (Phi) is 4.75. The number of nitrogens with zero attached hydrogens (tertiary/aromatic N) is 1. The third kappa shape index (κ3) is 3.44. The maximum absolute atomic E-state index is 13.9. The van der Waals surface area contributed by atoms with Gasteiger partial charge in [0, 0.05) is 19.1 Å². The van der Waals surface area contributed by atoms with Gasteiger partial charge in [0.1, 0.15) is 17.3 Å². The highest BCUT2D eigenvalue weighted by molar-refractivity contribution is 5.49. The molecule has 19 heavy (non-hydrogen) atoms. The van der Waals surface area contributed by atoms with Gasteiger partial charge in [-0.25, -0.2) is 8.78 Å². The molecule has 1 N–H and O–H groups in total. The molecule has 1 saturated heterocycles. The minimum absolute atomic E-state index is 0.131. The van der Waals surface area contributed by atoms with Crippen molar-refractivity contribution in [3.63, 3.8) is 0 Å². The van der Waals surface area contributed by atoms with Gasteiger partial charge in [-0.2, -0.15) is 0 Å². The van der Waals surface area contributed by atoms with Crippen molar-refractivity contribution in [3.8, 4) is 0 Å². The zero-order valence-corrected chi connectivity index (χ0v) is 11.6. The Morgan fingerprint density at radius 2 is 2.00 bits per heavy atom. The van der Waals surface area contributed by atoms with Gasteiger partial charge in [-0.15, -0.1) is 0 Å². The van der Waals surface area contributed by atoms with E-state index in [0.29, 0.717) is 25.0 Å². The van der Waals surface area contributed by atoms with Crippen molar-refractivity contribution in [3.05, 3.63) is 29.8 Å². The van der Waals surface area contributed by atoms with E-state index >= 15 is 0 Å². The summed E-state index contributed by atoms with van der Waals surface area (Å²) in [6.45, 7) is 6.51. The molecule has 0 bridgehead atoms. The van der Waals surface area contributed by atoms with E-state index in [4.69, 9.17) is 0 Å². The summed E-state index contributed by atoms with van der Waals surface area (Å²) >= 11 is 0. The van der Waals surface area contributed by atoms with Crippen LogP contribution in [0.4, 0.5) is 14.5 Å². The summed E-state index contributed by atoms with van der Waals surface area (Å²) in [6, 6.07) is 4.51. The fraction of sp³-hybridized carbons (Fsp3) is 0.600. The molecule has 2 rings (SSSR count). The molecular formula is C15H22F2N2. The second-order valence-electron chi connectivity index (χ2n) is 5.42. The molecule has 1 fully saturated rings. The quantitative estimate of drug-likeness (QED) is 0.886. The van der Waals surface area contributed by atoms with Crippen LogP contribution >= 0.6 is 0 Å². The first-order valence-electron chi connectivity index (χ1n) is 7.04. The molecule has 0 aliphatic carbocycles. The number of anilines is 1. The maximum atomic E-state index is 13.9. The SMILES string of the molecule is CCC1CCN(c2c(F)cccc2F)CC(C)CN1. The summed E-state index contributed by atoms with van der Waals surface area (Å²) in [5.74, 6) is -0.559. The van der Waals surface area contributed by atoms with Crippen LogP contribution in [0.5, 0.6) is 0 Å². The predicted octanol–water partition coefficient (Wildman–Crippen LogP) is 3.18. The van der Waals surface area contributed by atoms with Crippen LogP contribution < -0.4 is 10.2 Å². The standard InChI is InChI=1S/C15H22F2N2/c1-3-12-7-8-19(10-11(2)9-18-12)15-13(16)5-4-6-14(15)17/h4-6,11-12,18H,3,7-10H2,1-2H3. The van der Waals surface area contributed by atoms with E-state index in [9.17, 15) is 8.78 Å². The zero-order valence-electron chi connectivity index (χ0n) is 11.6. The molecule has 1 aromatic rings. The molecule has 2 unspecified atom stereocenters. The molecule has 106 valence electrons.